The Morgan fingerprint density at radius 3 is 2.65 bits per heavy atom. The Morgan fingerprint density at radius 1 is 1.24 bits per heavy atom. The van der Waals surface area contributed by atoms with Crippen LogP contribution in [-0.4, -0.2) is 21.5 Å². The number of rotatable bonds is 6. The summed E-state index contributed by atoms with van der Waals surface area (Å²) < 4.78 is 2.17. The standard InChI is InChI=1S/C13H22N4/c14-8-6-12-13(11-2-1-3-11)17(16-15-12)9-7-10-4-5-10/h10-11H,1-9,14H2. The molecule has 0 spiro atoms. The highest BCUT2D eigenvalue weighted by Crippen LogP contribution is 2.38. The number of hydrogen-bond acceptors (Lipinski definition) is 3. The van der Waals surface area contributed by atoms with E-state index in [0.717, 1.165) is 24.6 Å². The van der Waals surface area contributed by atoms with E-state index in [1.54, 1.807) is 0 Å². The van der Waals surface area contributed by atoms with Crippen LogP contribution in [0.25, 0.3) is 0 Å². The maximum Gasteiger partial charge on any atom is 0.0874 e. The molecular formula is C13H22N4. The average molecular weight is 234 g/mol. The van der Waals surface area contributed by atoms with Crippen LogP contribution in [0, 0.1) is 5.92 Å². The van der Waals surface area contributed by atoms with Gasteiger partial charge in [-0.3, -0.25) is 0 Å². The topological polar surface area (TPSA) is 56.7 Å². The van der Waals surface area contributed by atoms with Crippen LogP contribution in [0.3, 0.4) is 0 Å². The number of hydrogen-bond donors (Lipinski definition) is 1. The van der Waals surface area contributed by atoms with E-state index < -0.39 is 0 Å². The lowest BCUT2D eigenvalue weighted by atomic mass is 9.81. The predicted octanol–water partition coefficient (Wildman–Crippen LogP) is 1.85. The molecular weight excluding hydrogens is 212 g/mol. The molecule has 4 nitrogen and oxygen atoms in total. The number of nitrogens with two attached hydrogens (primary N) is 1. The van der Waals surface area contributed by atoms with Crippen LogP contribution in [-0.2, 0) is 13.0 Å². The smallest absolute Gasteiger partial charge is 0.0874 e. The summed E-state index contributed by atoms with van der Waals surface area (Å²) in [5.74, 6) is 1.68. The second-order valence-corrected chi connectivity index (χ2v) is 5.54. The zero-order valence-corrected chi connectivity index (χ0v) is 10.4. The molecule has 1 aromatic rings. The fraction of sp³-hybridized carbons (Fsp3) is 0.846. The lowest BCUT2D eigenvalue weighted by Gasteiger charge is -2.26. The van der Waals surface area contributed by atoms with Crippen LogP contribution in [0.5, 0.6) is 0 Å². The van der Waals surface area contributed by atoms with Gasteiger partial charge in [0.05, 0.1) is 11.4 Å². The van der Waals surface area contributed by atoms with Gasteiger partial charge in [-0.05, 0) is 31.7 Å². The molecule has 2 saturated carbocycles. The molecule has 0 amide bonds. The van der Waals surface area contributed by atoms with Gasteiger partial charge in [0, 0.05) is 18.9 Å². The van der Waals surface area contributed by atoms with Gasteiger partial charge in [0.15, 0.2) is 0 Å². The van der Waals surface area contributed by atoms with E-state index in [1.165, 1.54) is 44.2 Å². The van der Waals surface area contributed by atoms with Gasteiger partial charge in [0.25, 0.3) is 0 Å². The Hall–Kier alpha value is -0.900. The summed E-state index contributed by atoms with van der Waals surface area (Å²) in [5.41, 5.74) is 8.22. The molecule has 0 aromatic carbocycles. The van der Waals surface area contributed by atoms with Crippen LogP contribution < -0.4 is 5.73 Å². The Morgan fingerprint density at radius 2 is 2.06 bits per heavy atom. The molecule has 2 fully saturated rings. The van der Waals surface area contributed by atoms with Crippen molar-refractivity contribution in [3.63, 3.8) is 0 Å². The first kappa shape index (κ1) is 11.2. The fourth-order valence-corrected chi connectivity index (χ4v) is 2.68. The largest absolute Gasteiger partial charge is 0.330 e. The maximum atomic E-state index is 5.65. The van der Waals surface area contributed by atoms with Gasteiger partial charge in [-0.2, -0.15) is 0 Å². The third-order valence-corrected chi connectivity index (χ3v) is 4.17. The van der Waals surface area contributed by atoms with E-state index >= 15 is 0 Å². The molecule has 2 aliphatic rings. The van der Waals surface area contributed by atoms with Crippen molar-refractivity contribution in [1.82, 2.24) is 15.0 Å². The first-order valence-corrected chi connectivity index (χ1v) is 7.01. The molecule has 2 N–H and O–H groups in total. The van der Waals surface area contributed by atoms with E-state index in [1.807, 2.05) is 0 Å². The minimum absolute atomic E-state index is 0.682. The monoisotopic (exact) mass is 234 g/mol. The van der Waals surface area contributed by atoms with Gasteiger partial charge in [-0.25, -0.2) is 4.68 Å². The highest BCUT2D eigenvalue weighted by molar-refractivity contribution is 5.18. The number of nitrogens with zero attached hydrogens (tertiary/aromatic N) is 3. The molecule has 0 bridgehead atoms. The molecule has 0 saturated heterocycles. The summed E-state index contributed by atoms with van der Waals surface area (Å²) in [6.45, 7) is 1.75. The van der Waals surface area contributed by atoms with Crippen molar-refractivity contribution in [3.8, 4) is 0 Å². The Labute approximate surface area is 103 Å². The minimum Gasteiger partial charge on any atom is -0.330 e. The predicted molar refractivity (Wildman–Crippen MR) is 66.7 cm³/mol. The van der Waals surface area contributed by atoms with Crippen molar-refractivity contribution >= 4 is 0 Å². The Bertz CT molecular complexity index is 377. The number of aryl methyl sites for hydroxylation is 1. The molecule has 94 valence electrons. The summed E-state index contributed by atoms with van der Waals surface area (Å²) in [4.78, 5) is 0. The van der Waals surface area contributed by atoms with Crippen molar-refractivity contribution in [2.24, 2.45) is 11.7 Å². The van der Waals surface area contributed by atoms with Gasteiger partial charge < -0.3 is 5.73 Å². The Balaban J connectivity index is 1.74. The molecule has 0 radical (unpaired) electrons. The second-order valence-electron chi connectivity index (χ2n) is 5.54. The van der Waals surface area contributed by atoms with Gasteiger partial charge in [0.1, 0.15) is 0 Å². The third-order valence-electron chi connectivity index (χ3n) is 4.17. The van der Waals surface area contributed by atoms with Crippen LogP contribution in [0.4, 0.5) is 0 Å². The van der Waals surface area contributed by atoms with Crippen molar-refractivity contribution in [2.45, 2.75) is 57.4 Å². The lowest BCUT2D eigenvalue weighted by molar-refractivity contribution is 0.380. The molecule has 3 rings (SSSR count). The zero-order chi connectivity index (χ0) is 11.7. The normalized spacial score (nSPS) is 20.5. The van der Waals surface area contributed by atoms with Crippen LogP contribution in [0.2, 0.25) is 0 Å². The third kappa shape index (κ3) is 2.37. The molecule has 17 heavy (non-hydrogen) atoms. The maximum absolute atomic E-state index is 5.65. The van der Waals surface area contributed by atoms with E-state index in [2.05, 4.69) is 15.0 Å². The molecule has 0 aliphatic heterocycles. The quantitative estimate of drug-likeness (QED) is 0.817. The fourth-order valence-electron chi connectivity index (χ4n) is 2.68. The molecule has 4 heteroatoms. The van der Waals surface area contributed by atoms with Gasteiger partial charge in [-0.15, -0.1) is 5.10 Å². The molecule has 2 aliphatic carbocycles. The van der Waals surface area contributed by atoms with E-state index in [0.29, 0.717) is 12.5 Å². The molecule has 1 heterocycles. The molecule has 0 unspecified atom stereocenters. The van der Waals surface area contributed by atoms with E-state index in [9.17, 15) is 0 Å². The summed E-state index contributed by atoms with van der Waals surface area (Å²) >= 11 is 0. The second kappa shape index (κ2) is 4.77. The van der Waals surface area contributed by atoms with Crippen molar-refractivity contribution in [1.29, 1.82) is 0 Å². The Kier molecular flexibility index (Phi) is 3.14. The van der Waals surface area contributed by atoms with Gasteiger partial charge in [0.2, 0.25) is 0 Å². The summed E-state index contributed by atoms with van der Waals surface area (Å²) in [6.07, 6.45) is 9.00. The van der Waals surface area contributed by atoms with Crippen molar-refractivity contribution < 1.29 is 0 Å². The van der Waals surface area contributed by atoms with E-state index in [4.69, 9.17) is 5.73 Å². The first-order chi connectivity index (χ1) is 8.38. The number of aromatic nitrogens is 3. The zero-order valence-electron chi connectivity index (χ0n) is 10.4. The summed E-state index contributed by atoms with van der Waals surface area (Å²) in [6, 6.07) is 0. The van der Waals surface area contributed by atoms with Crippen molar-refractivity contribution in [2.75, 3.05) is 6.54 Å². The summed E-state index contributed by atoms with van der Waals surface area (Å²) in [5, 5.41) is 8.69. The molecule has 0 atom stereocenters. The molecule has 1 aromatic heterocycles. The van der Waals surface area contributed by atoms with Gasteiger partial charge >= 0.3 is 0 Å². The van der Waals surface area contributed by atoms with Crippen LogP contribution in [0.1, 0.15) is 55.8 Å². The highest BCUT2D eigenvalue weighted by atomic mass is 15.4. The van der Waals surface area contributed by atoms with Crippen LogP contribution in [0.15, 0.2) is 0 Å². The highest BCUT2D eigenvalue weighted by Gasteiger charge is 2.28. The lowest BCUT2D eigenvalue weighted by Crippen LogP contribution is -2.18. The first-order valence-electron chi connectivity index (χ1n) is 7.01. The van der Waals surface area contributed by atoms with Crippen LogP contribution >= 0.6 is 0 Å². The average Bonchev–Trinajstić information content (AvgIpc) is 3.01. The van der Waals surface area contributed by atoms with Crippen molar-refractivity contribution in [3.05, 3.63) is 11.4 Å². The SMILES string of the molecule is NCCc1nnn(CCC2CC2)c1C1CCC1. The summed E-state index contributed by atoms with van der Waals surface area (Å²) in [7, 11) is 0. The van der Waals surface area contributed by atoms with E-state index in [-0.39, 0.29) is 0 Å². The minimum atomic E-state index is 0.682. The van der Waals surface area contributed by atoms with Gasteiger partial charge in [-0.1, -0.05) is 24.5 Å².